The summed E-state index contributed by atoms with van der Waals surface area (Å²) in [5, 5.41) is 3.40. The lowest BCUT2D eigenvalue weighted by Gasteiger charge is -2.27. The van der Waals surface area contributed by atoms with Gasteiger partial charge >= 0.3 is 0 Å². The molecular formula is C16H27NO2S. The molecule has 0 bridgehead atoms. The van der Waals surface area contributed by atoms with Gasteiger partial charge in [0.1, 0.15) is 0 Å². The number of benzene rings is 1. The van der Waals surface area contributed by atoms with E-state index in [1.807, 2.05) is 18.2 Å². The smallest absolute Gasteiger partial charge is 0.151 e. The third kappa shape index (κ3) is 6.53. The Balaban J connectivity index is 2.70. The molecule has 0 aliphatic carbocycles. The number of nitrogens with one attached hydrogen (secondary N) is 1. The largest absolute Gasteiger partial charge is 0.309 e. The molecule has 20 heavy (non-hydrogen) atoms. The molecule has 4 heteroatoms. The second kappa shape index (κ2) is 7.23. The summed E-state index contributed by atoms with van der Waals surface area (Å²) in [6.07, 6.45) is 0.975. The molecule has 3 nitrogen and oxygen atoms in total. The minimum Gasteiger partial charge on any atom is -0.309 e. The van der Waals surface area contributed by atoms with Gasteiger partial charge in [0.05, 0.1) is 5.75 Å². The van der Waals surface area contributed by atoms with E-state index in [1.54, 1.807) is 6.92 Å². The zero-order valence-corrected chi connectivity index (χ0v) is 13.8. The summed E-state index contributed by atoms with van der Waals surface area (Å²) in [6.45, 7) is 8.80. The second-order valence-corrected chi connectivity index (χ2v) is 8.89. The number of hydrogen-bond donors (Lipinski definition) is 1. The summed E-state index contributed by atoms with van der Waals surface area (Å²) in [5.74, 6) is 0.418. The van der Waals surface area contributed by atoms with E-state index in [-0.39, 0.29) is 23.0 Å². The monoisotopic (exact) mass is 297 g/mol. The average Bonchev–Trinajstić information content (AvgIpc) is 2.37. The van der Waals surface area contributed by atoms with Gasteiger partial charge in [0, 0.05) is 18.3 Å². The highest BCUT2D eigenvalue weighted by Crippen LogP contribution is 2.29. The summed E-state index contributed by atoms with van der Waals surface area (Å²) in [6, 6.07) is 10.4. The molecule has 1 aromatic rings. The Labute approximate surface area is 123 Å². The Kier molecular flexibility index (Phi) is 6.21. The summed E-state index contributed by atoms with van der Waals surface area (Å²) in [7, 11) is -2.90. The van der Waals surface area contributed by atoms with Crippen LogP contribution in [0, 0.1) is 5.41 Å². The van der Waals surface area contributed by atoms with Crippen LogP contribution in [0.15, 0.2) is 30.3 Å². The van der Waals surface area contributed by atoms with Crippen molar-refractivity contribution in [3.8, 4) is 0 Å². The average molecular weight is 297 g/mol. The first-order valence-corrected chi connectivity index (χ1v) is 9.04. The van der Waals surface area contributed by atoms with Crippen molar-refractivity contribution in [2.45, 2.75) is 40.2 Å². The van der Waals surface area contributed by atoms with Crippen molar-refractivity contribution in [3.05, 3.63) is 35.9 Å². The first-order chi connectivity index (χ1) is 9.23. The van der Waals surface area contributed by atoms with Crippen molar-refractivity contribution in [2.75, 3.05) is 18.1 Å². The second-order valence-electron chi connectivity index (χ2n) is 6.42. The summed E-state index contributed by atoms with van der Waals surface area (Å²) in [5.41, 5.74) is 1.41. The molecule has 0 aliphatic heterocycles. The van der Waals surface area contributed by atoms with Crippen molar-refractivity contribution in [2.24, 2.45) is 5.41 Å². The maximum atomic E-state index is 11.6. The van der Waals surface area contributed by atoms with E-state index in [0.29, 0.717) is 6.54 Å². The Morgan fingerprint density at radius 3 is 2.25 bits per heavy atom. The minimum atomic E-state index is -2.90. The van der Waals surface area contributed by atoms with Crippen molar-refractivity contribution in [1.82, 2.24) is 5.32 Å². The Bertz CT molecular complexity index is 489. The van der Waals surface area contributed by atoms with Crippen LogP contribution >= 0.6 is 0 Å². The molecule has 0 spiro atoms. The summed E-state index contributed by atoms with van der Waals surface area (Å²) < 4.78 is 23.1. The zero-order valence-electron chi connectivity index (χ0n) is 13.0. The molecule has 114 valence electrons. The predicted molar refractivity (Wildman–Crippen MR) is 85.6 cm³/mol. The van der Waals surface area contributed by atoms with Gasteiger partial charge in [0.15, 0.2) is 9.84 Å². The molecule has 1 unspecified atom stereocenters. The Morgan fingerprint density at radius 1 is 1.15 bits per heavy atom. The Morgan fingerprint density at radius 2 is 1.75 bits per heavy atom. The first kappa shape index (κ1) is 17.2. The van der Waals surface area contributed by atoms with Crippen molar-refractivity contribution >= 4 is 9.84 Å². The summed E-state index contributed by atoms with van der Waals surface area (Å²) >= 11 is 0. The van der Waals surface area contributed by atoms with Crippen molar-refractivity contribution < 1.29 is 8.42 Å². The standard InChI is InChI=1S/C16H27NO2S/c1-5-20(18,19)12-11-17-15(13-16(2,3)4)14-9-7-6-8-10-14/h6-10,15,17H,5,11-13H2,1-4H3. The lowest BCUT2D eigenvalue weighted by molar-refractivity contribution is 0.314. The fourth-order valence-electron chi connectivity index (χ4n) is 2.14. The maximum Gasteiger partial charge on any atom is 0.151 e. The Hall–Kier alpha value is -0.870. The summed E-state index contributed by atoms with van der Waals surface area (Å²) in [4.78, 5) is 0. The number of hydrogen-bond acceptors (Lipinski definition) is 3. The van der Waals surface area contributed by atoms with Crippen molar-refractivity contribution in [3.63, 3.8) is 0 Å². The van der Waals surface area contributed by atoms with Gasteiger partial charge in [-0.05, 0) is 17.4 Å². The van der Waals surface area contributed by atoms with E-state index < -0.39 is 9.84 Å². The van der Waals surface area contributed by atoms with Gasteiger partial charge in [-0.25, -0.2) is 8.42 Å². The molecule has 1 atom stereocenters. The van der Waals surface area contributed by atoms with Crippen LogP contribution in [0.4, 0.5) is 0 Å². The minimum absolute atomic E-state index is 0.192. The molecule has 0 aliphatic rings. The molecule has 0 aromatic heterocycles. The van der Waals surface area contributed by atoms with Gasteiger partial charge in [-0.3, -0.25) is 0 Å². The van der Waals surface area contributed by atoms with E-state index >= 15 is 0 Å². The lowest BCUT2D eigenvalue weighted by atomic mass is 9.85. The van der Waals surface area contributed by atoms with Gasteiger partial charge in [-0.15, -0.1) is 0 Å². The van der Waals surface area contributed by atoms with Crippen LogP contribution in [-0.4, -0.2) is 26.5 Å². The highest BCUT2D eigenvalue weighted by molar-refractivity contribution is 7.91. The molecule has 0 saturated heterocycles. The number of rotatable bonds is 7. The molecule has 0 heterocycles. The van der Waals surface area contributed by atoms with Gasteiger partial charge in [0.2, 0.25) is 0 Å². The normalized spacial score (nSPS) is 14.2. The van der Waals surface area contributed by atoms with E-state index in [4.69, 9.17) is 0 Å². The topological polar surface area (TPSA) is 46.2 Å². The van der Waals surface area contributed by atoms with E-state index in [9.17, 15) is 8.42 Å². The quantitative estimate of drug-likeness (QED) is 0.840. The van der Waals surface area contributed by atoms with Crippen LogP contribution in [0.5, 0.6) is 0 Å². The van der Waals surface area contributed by atoms with Gasteiger partial charge in [0.25, 0.3) is 0 Å². The molecule has 0 amide bonds. The fourth-order valence-corrected chi connectivity index (χ4v) is 2.86. The fraction of sp³-hybridized carbons (Fsp3) is 0.625. The molecule has 1 aromatic carbocycles. The van der Waals surface area contributed by atoms with Crippen LogP contribution in [0.1, 0.15) is 45.7 Å². The highest BCUT2D eigenvalue weighted by atomic mass is 32.2. The predicted octanol–water partition coefficient (Wildman–Crippen LogP) is 3.19. The van der Waals surface area contributed by atoms with Crippen LogP contribution in [-0.2, 0) is 9.84 Å². The van der Waals surface area contributed by atoms with Gasteiger partial charge < -0.3 is 5.32 Å². The lowest BCUT2D eigenvalue weighted by Crippen LogP contribution is -2.30. The third-order valence-corrected chi connectivity index (χ3v) is 4.97. The van der Waals surface area contributed by atoms with Crippen LogP contribution in [0.3, 0.4) is 0 Å². The van der Waals surface area contributed by atoms with Crippen LogP contribution < -0.4 is 5.32 Å². The zero-order chi connectivity index (χ0) is 15.2. The molecular weight excluding hydrogens is 270 g/mol. The maximum absolute atomic E-state index is 11.6. The SMILES string of the molecule is CCS(=O)(=O)CCNC(CC(C)(C)C)c1ccccc1. The molecule has 0 radical (unpaired) electrons. The van der Waals surface area contributed by atoms with E-state index in [1.165, 1.54) is 5.56 Å². The number of sulfone groups is 1. The van der Waals surface area contributed by atoms with E-state index in [0.717, 1.165) is 6.42 Å². The van der Waals surface area contributed by atoms with Gasteiger partial charge in [-0.1, -0.05) is 58.0 Å². The molecule has 0 saturated carbocycles. The van der Waals surface area contributed by atoms with Crippen LogP contribution in [0.25, 0.3) is 0 Å². The third-order valence-electron chi connectivity index (χ3n) is 3.26. The van der Waals surface area contributed by atoms with Crippen LogP contribution in [0.2, 0.25) is 0 Å². The molecule has 1 N–H and O–H groups in total. The molecule has 1 rings (SSSR count). The van der Waals surface area contributed by atoms with E-state index in [2.05, 4.69) is 38.2 Å². The van der Waals surface area contributed by atoms with Gasteiger partial charge in [-0.2, -0.15) is 0 Å². The van der Waals surface area contributed by atoms with Crippen molar-refractivity contribution in [1.29, 1.82) is 0 Å². The first-order valence-electron chi connectivity index (χ1n) is 7.22. The highest BCUT2D eigenvalue weighted by Gasteiger charge is 2.20. The molecule has 0 fully saturated rings.